The minimum atomic E-state index is -0.455. The highest BCUT2D eigenvalue weighted by Crippen LogP contribution is 2.46. The van der Waals surface area contributed by atoms with Gasteiger partial charge in [0.25, 0.3) is 0 Å². The molecule has 0 unspecified atom stereocenters. The first-order chi connectivity index (χ1) is 10.9. The molecular weight excluding hydrogens is 356 g/mol. The van der Waals surface area contributed by atoms with Crippen LogP contribution >= 0.6 is 15.9 Å². The van der Waals surface area contributed by atoms with E-state index in [0.29, 0.717) is 0 Å². The van der Waals surface area contributed by atoms with Gasteiger partial charge in [-0.05, 0) is 62.6 Å². The van der Waals surface area contributed by atoms with Gasteiger partial charge in [0.1, 0.15) is 5.75 Å². The lowest BCUT2D eigenvalue weighted by atomic mass is 9.64. The molecule has 0 N–H and O–H groups in total. The Labute approximate surface area is 147 Å². The molecule has 0 amide bonds. The molecule has 0 heterocycles. The predicted molar refractivity (Wildman–Crippen MR) is 95.6 cm³/mol. The van der Waals surface area contributed by atoms with Gasteiger partial charge in [-0.25, -0.2) is 0 Å². The summed E-state index contributed by atoms with van der Waals surface area (Å²) in [6.45, 7) is 6.26. The number of hydrogen-bond donors (Lipinski definition) is 0. The highest BCUT2D eigenvalue weighted by atomic mass is 79.9. The lowest BCUT2D eigenvalue weighted by Crippen LogP contribution is -2.40. The Morgan fingerprint density at radius 2 is 2.17 bits per heavy atom. The van der Waals surface area contributed by atoms with E-state index in [2.05, 4.69) is 28.6 Å². The Balaban J connectivity index is 2.16. The average molecular weight is 381 g/mol. The second-order valence-electron chi connectivity index (χ2n) is 6.47. The van der Waals surface area contributed by atoms with E-state index in [9.17, 15) is 4.79 Å². The first-order valence-electron chi connectivity index (χ1n) is 8.01. The second kappa shape index (κ2) is 7.52. The van der Waals surface area contributed by atoms with Crippen molar-refractivity contribution in [3.63, 3.8) is 0 Å². The highest BCUT2D eigenvalue weighted by molar-refractivity contribution is 9.10. The maximum Gasteiger partial charge on any atom is 0.312 e. The van der Waals surface area contributed by atoms with E-state index in [1.807, 2.05) is 19.1 Å². The number of aryl methyl sites for hydroxylation is 1. The molecule has 2 rings (SSSR count). The number of ether oxygens (including phenoxy) is 2. The molecule has 23 heavy (non-hydrogen) atoms. The molecule has 2 atom stereocenters. The third-order valence-electron chi connectivity index (χ3n) is 5.07. The molecule has 1 aliphatic carbocycles. The van der Waals surface area contributed by atoms with Crippen LogP contribution in [0.2, 0.25) is 0 Å². The van der Waals surface area contributed by atoms with Crippen LogP contribution in [0, 0.1) is 11.3 Å². The van der Waals surface area contributed by atoms with Gasteiger partial charge < -0.3 is 9.47 Å². The van der Waals surface area contributed by atoms with E-state index in [-0.39, 0.29) is 11.9 Å². The third kappa shape index (κ3) is 3.79. The van der Waals surface area contributed by atoms with Gasteiger partial charge in [-0.1, -0.05) is 34.1 Å². The summed E-state index contributed by atoms with van der Waals surface area (Å²) in [5.74, 6) is 0.886. The molecule has 1 saturated carbocycles. The fourth-order valence-electron chi connectivity index (χ4n) is 3.64. The summed E-state index contributed by atoms with van der Waals surface area (Å²) in [4.78, 5) is 12.3. The van der Waals surface area contributed by atoms with Crippen LogP contribution in [0.3, 0.4) is 0 Å². The van der Waals surface area contributed by atoms with Crippen molar-refractivity contribution in [2.45, 2.75) is 39.0 Å². The summed E-state index contributed by atoms with van der Waals surface area (Å²) in [6.07, 6.45) is 4.66. The molecule has 126 valence electrons. The maximum absolute atomic E-state index is 12.3. The SMILES string of the molecule is C=C1CCC[C@@](C)(C(=O)OC)[C@@H]1CCc1ccc(OC)cc1Br. The van der Waals surface area contributed by atoms with Crippen molar-refractivity contribution >= 4 is 21.9 Å². The normalized spacial score (nSPS) is 24.3. The predicted octanol–water partition coefficient (Wildman–Crippen LogP) is 4.93. The molecule has 1 aliphatic rings. The van der Waals surface area contributed by atoms with E-state index < -0.39 is 5.41 Å². The van der Waals surface area contributed by atoms with Gasteiger partial charge in [-0.3, -0.25) is 4.79 Å². The Morgan fingerprint density at radius 1 is 1.43 bits per heavy atom. The Morgan fingerprint density at radius 3 is 2.78 bits per heavy atom. The maximum atomic E-state index is 12.3. The quantitative estimate of drug-likeness (QED) is 0.536. The Bertz CT molecular complexity index is 596. The van der Waals surface area contributed by atoms with Crippen LogP contribution in [-0.4, -0.2) is 20.2 Å². The van der Waals surface area contributed by atoms with E-state index in [1.165, 1.54) is 18.2 Å². The molecule has 0 aliphatic heterocycles. The minimum absolute atomic E-state index is 0.114. The smallest absolute Gasteiger partial charge is 0.312 e. The molecule has 1 fully saturated rings. The molecule has 4 heteroatoms. The number of rotatable bonds is 5. The zero-order chi connectivity index (χ0) is 17.0. The standard InChI is InChI=1S/C19H25BrO3/c1-13-6-5-11-19(2,18(21)23-4)16(13)10-8-14-7-9-15(22-3)12-17(14)20/h7,9,12,16H,1,5-6,8,10-11H2,2-4H3/t16-,19-/m1/s1. The topological polar surface area (TPSA) is 35.5 Å². The second-order valence-corrected chi connectivity index (χ2v) is 7.32. The zero-order valence-electron chi connectivity index (χ0n) is 14.2. The number of carbonyl (C=O) groups excluding carboxylic acids is 1. The van der Waals surface area contributed by atoms with Crippen molar-refractivity contribution in [3.8, 4) is 5.75 Å². The van der Waals surface area contributed by atoms with E-state index in [0.717, 1.165) is 42.3 Å². The Kier molecular flexibility index (Phi) is 5.90. The number of carbonyl (C=O) groups is 1. The van der Waals surface area contributed by atoms with Crippen molar-refractivity contribution in [2.24, 2.45) is 11.3 Å². The number of hydrogen-bond acceptors (Lipinski definition) is 3. The summed E-state index contributed by atoms with van der Waals surface area (Å²) >= 11 is 3.61. The van der Waals surface area contributed by atoms with Crippen LogP contribution in [0.1, 0.15) is 38.2 Å². The summed E-state index contributed by atoms with van der Waals surface area (Å²) in [6, 6.07) is 6.02. The molecule has 1 aromatic carbocycles. The largest absolute Gasteiger partial charge is 0.497 e. The number of allylic oxidation sites excluding steroid dienone is 1. The van der Waals surface area contributed by atoms with Crippen molar-refractivity contribution in [2.75, 3.05) is 14.2 Å². The molecule has 3 nitrogen and oxygen atoms in total. The van der Waals surface area contributed by atoms with Gasteiger partial charge in [0.15, 0.2) is 0 Å². The van der Waals surface area contributed by atoms with Crippen LogP contribution in [0.4, 0.5) is 0 Å². The first kappa shape index (κ1) is 18.1. The van der Waals surface area contributed by atoms with Gasteiger partial charge >= 0.3 is 5.97 Å². The Hall–Kier alpha value is -1.29. The monoisotopic (exact) mass is 380 g/mol. The fraction of sp³-hybridized carbons (Fsp3) is 0.526. The van der Waals surface area contributed by atoms with Crippen molar-refractivity contribution in [1.82, 2.24) is 0 Å². The summed E-state index contributed by atoms with van der Waals surface area (Å²) in [7, 11) is 3.14. The molecule has 0 aromatic heterocycles. The van der Waals surface area contributed by atoms with Crippen LogP contribution in [0.25, 0.3) is 0 Å². The van der Waals surface area contributed by atoms with Crippen LogP contribution in [0.5, 0.6) is 5.75 Å². The number of esters is 1. The first-order valence-corrected chi connectivity index (χ1v) is 8.80. The van der Waals surface area contributed by atoms with Gasteiger partial charge in [0, 0.05) is 4.47 Å². The summed E-state index contributed by atoms with van der Waals surface area (Å²) < 4.78 is 11.3. The van der Waals surface area contributed by atoms with Gasteiger partial charge in [-0.15, -0.1) is 0 Å². The highest BCUT2D eigenvalue weighted by Gasteiger charge is 2.45. The number of methoxy groups -OCH3 is 2. The molecule has 0 saturated heterocycles. The van der Waals surface area contributed by atoms with Crippen molar-refractivity contribution in [1.29, 1.82) is 0 Å². The van der Waals surface area contributed by atoms with Gasteiger partial charge in [0.2, 0.25) is 0 Å². The average Bonchev–Trinajstić information content (AvgIpc) is 2.54. The van der Waals surface area contributed by atoms with Crippen LogP contribution in [0.15, 0.2) is 34.8 Å². The molecular formula is C19H25BrO3. The number of halogens is 1. The van der Waals surface area contributed by atoms with Crippen LogP contribution in [-0.2, 0) is 16.0 Å². The van der Waals surface area contributed by atoms with Crippen LogP contribution < -0.4 is 4.74 Å². The van der Waals surface area contributed by atoms with E-state index >= 15 is 0 Å². The number of benzene rings is 1. The lowest BCUT2D eigenvalue weighted by Gasteiger charge is -2.40. The molecule has 0 radical (unpaired) electrons. The molecule has 0 bridgehead atoms. The van der Waals surface area contributed by atoms with E-state index in [4.69, 9.17) is 9.47 Å². The third-order valence-corrected chi connectivity index (χ3v) is 5.81. The fourth-order valence-corrected chi connectivity index (χ4v) is 4.20. The van der Waals surface area contributed by atoms with Gasteiger partial charge in [0.05, 0.1) is 19.6 Å². The van der Waals surface area contributed by atoms with Gasteiger partial charge in [-0.2, -0.15) is 0 Å². The summed E-state index contributed by atoms with van der Waals surface area (Å²) in [5.41, 5.74) is 1.94. The van der Waals surface area contributed by atoms with Crippen molar-refractivity contribution in [3.05, 3.63) is 40.4 Å². The summed E-state index contributed by atoms with van der Waals surface area (Å²) in [5, 5.41) is 0. The van der Waals surface area contributed by atoms with Crippen molar-refractivity contribution < 1.29 is 14.3 Å². The zero-order valence-corrected chi connectivity index (χ0v) is 15.7. The molecule has 0 spiro atoms. The lowest BCUT2D eigenvalue weighted by molar-refractivity contribution is -0.156. The molecule has 1 aromatic rings. The minimum Gasteiger partial charge on any atom is -0.497 e. The van der Waals surface area contributed by atoms with E-state index in [1.54, 1.807) is 7.11 Å².